The van der Waals surface area contributed by atoms with Crippen LogP contribution in [-0.4, -0.2) is 32.4 Å². The summed E-state index contributed by atoms with van der Waals surface area (Å²) in [5.41, 5.74) is 0.637. The molecule has 0 spiro atoms. The Balaban J connectivity index is 1.81. The summed E-state index contributed by atoms with van der Waals surface area (Å²) in [4.78, 5) is 13.2. The normalized spacial score (nSPS) is 25.7. The van der Waals surface area contributed by atoms with E-state index < -0.39 is 32.6 Å². The molecule has 0 unspecified atom stereocenters. The van der Waals surface area contributed by atoms with Gasteiger partial charge in [0.05, 0.1) is 12.0 Å². The summed E-state index contributed by atoms with van der Waals surface area (Å²) in [6, 6.07) is 12.2. The molecule has 2 aromatic carbocycles. The molecule has 7 heteroatoms. The summed E-state index contributed by atoms with van der Waals surface area (Å²) < 4.78 is 38.7. The van der Waals surface area contributed by atoms with Gasteiger partial charge in [0, 0.05) is 17.9 Å². The van der Waals surface area contributed by atoms with Crippen LogP contribution in [0.5, 0.6) is 11.5 Å². The molecule has 0 aromatic heterocycles. The summed E-state index contributed by atoms with van der Waals surface area (Å²) in [6.45, 7) is 7.96. The van der Waals surface area contributed by atoms with E-state index in [0.717, 1.165) is 5.56 Å². The zero-order chi connectivity index (χ0) is 21.9. The van der Waals surface area contributed by atoms with Crippen LogP contribution in [0.15, 0.2) is 47.4 Å². The average molecular weight is 430 g/mol. The second-order valence-corrected chi connectivity index (χ2v) is 11.3. The number of sulfone groups is 1. The topological polar surface area (TPSA) is 81.7 Å². The van der Waals surface area contributed by atoms with Gasteiger partial charge in [-0.05, 0) is 36.1 Å². The number of hydrogen-bond acceptors (Lipinski definition) is 5. The third kappa shape index (κ3) is 3.25. The van der Waals surface area contributed by atoms with Crippen LogP contribution in [0, 0.1) is 0 Å². The Kier molecular flexibility index (Phi) is 4.65. The number of nitrogens with one attached hydrogen (secondary N) is 1. The lowest BCUT2D eigenvalue weighted by atomic mass is 9.81. The van der Waals surface area contributed by atoms with Crippen molar-refractivity contribution in [3.8, 4) is 11.5 Å². The van der Waals surface area contributed by atoms with E-state index in [1.54, 1.807) is 31.2 Å². The number of para-hydroxylation sites is 1. The second kappa shape index (κ2) is 6.74. The van der Waals surface area contributed by atoms with Crippen molar-refractivity contribution in [1.29, 1.82) is 0 Å². The highest BCUT2D eigenvalue weighted by Gasteiger charge is 2.54. The Labute approximate surface area is 177 Å². The molecular formula is C23H27NO5S. The maximum atomic E-state index is 13.6. The van der Waals surface area contributed by atoms with Gasteiger partial charge in [0.15, 0.2) is 32.3 Å². The highest BCUT2D eigenvalue weighted by Crippen LogP contribution is 2.50. The van der Waals surface area contributed by atoms with Gasteiger partial charge >= 0.3 is 0 Å². The Bertz CT molecular complexity index is 1100. The molecule has 30 heavy (non-hydrogen) atoms. The minimum absolute atomic E-state index is 0.0947. The van der Waals surface area contributed by atoms with E-state index in [4.69, 9.17) is 9.47 Å². The molecule has 4 rings (SSSR count). The Morgan fingerprint density at radius 2 is 1.80 bits per heavy atom. The molecule has 6 nitrogen and oxygen atoms in total. The molecule has 2 bridgehead atoms. The average Bonchev–Trinajstić information content (AvgIpc) is 2.66. The molecular weight excluding hydrogens is 402 g/mol. The van der Waals surface area contributed by atoms with E-state index >= 15 is 0 Å². The summed E-state index contributed by atoms with van der Waals surface area (Å²) in [5, 5.41) is 1.55. The SMILES string of the molecule is COc1cccc2c1O[C@@]1(C)C[C@H]2[C@H](S(=O)(=O)c2ccc(C(C)(C)C)cc2)C(=O)N1. The van der Waals surface area contributed by atoms with Crippen LogP contribution in [-0.2, 0) is 20.0 Å². The van der Waals surface area contributed by atoms with Gasteiger partial charge in [-0.1, -0.05) is 45.0 Å². The minimum atomic E-state index is -3.92. The number of benzene rings is 2. The zero-order valence-corrected chi connectivity index (χ0v) is 18.7. The first-order valence-electron chi connectivity index (χ1n) is 9.99. The third-order valence-electron chi connectivity index (χ3n) is 5.96. The van der Waals surface area contributed by atoms with Crippen LogP contribution in [0.1, 0.15) is 51.2 Å². The van der Waals surface area contributed by atoms with Crippen LogP contribution >= 0.6 is 0 Å². The van der Waals surface area contributed by atoms with Gasteiger partial charge in [0.1, 0.15) is 0 Å². The van der Waals surface area contributed by atoms with Crippen molar-refractivity contribution in [2.45, 2.75) is 61.3 Å². The fourth-order valence-corrected chi connectivity index (χ4v) is 6.23. The molecule has 2 heterocycles. The lowest BCUT2D eigenvalue weighted by molar-refractivity contribution is -0.132. The number of carbonyl (C=O) groups excluding carboxylic acids is 1. The molecule has 3 atom stereocenters. The van der Waals surface area contributed by atoms with Crippen molar-refractivity contribution in [2.75, 3.05) is 7.11 Å². The van der Waals surface area contributed by atoms with Gasteiger partial charge in [0.2, 0.25) is 5.91 Å². The Morgan fingerprint density at radius 1 is 1.13 bits per heavy atom. The van der Waals surface area contributed by atoms with E-state index in [9.17, 15) is 13.2 Å². The van der Waals surface area contributed by atoms with Crippen LogP contribution < -0.4 is 14.8 Å². The highest BCUT2D eigenvalue weighted by molar-refractivity contribution is 7.92. The molecule has 1 fully saturated rings. The van der Waals surface area contributed by atoms with Crippen molar-refractivity contribution in [1.82, 2.24) is 5.32 Å². The summed E-state index contributed by atoms with van der Waals surface area (Å²) >= 11 is 0. The van der Waals surface area contributed by atoms with E-state index in [2.05, 4.69) is 26.1 Å². The van der Waals surface area contributed by atoms with Gasteiger partial charge in [0.25, 0.3) is 0 Å². The number of rotatable bonds is 3. The van der Waals surface area contributed by atoms with Crippen molar-refractivity contribution in [3.05, 3.63) is 53.6 Å². The van der Waals surface area contributed by atoms with Gasteiger partial charge in [-0.25, -0.2) is 8.42 Å². The fraction of sp³-hybridized carbons (Fsp3) is 0.435. The monoisotopic (exact) mass is 429 g/mol. The summed E-state index contributed by atoms with van der Waals surface area (Å²) in [7, 11) is -2.38. The lowest BCUT2D eigenvalue weighted by Crippen LogP contribution is -2.63. The highest BCUT2D eigenvalue weighted by atomic mass is 32.2. The van der Waals surface area contributed by atoms with Crippen LogP contribution in [0.4, 0.5) is 0 Å². The van der Waals surface area contributed by atoms with Crippen molar-refractivity contribution < 1.29 is 22.7 Å². The van der Waals surface area contributed by atoms with Crippen LogP contribution in [0.2, 0.25) is 0 Å². The van der Waals surface area contributed by atoms with E-state index in [-0.39, 0.29) is 10.3 Å². The molecule has 2 aromatic rings. The molecule has 0 saturated carbocycles. The molecule has 0 aliphatic carbocycles. The number of amides is 1. The van der Waals surface area contributed by atoms with Crippen molar-refractivity contribution in [3.63, 3.8) is 0 Å². The first kappa shape index (κ1) is 20.7. The van der Waals surface area contributed by atoms with Crippen LogP contribution in [0.25, 0.3) is 0 Å². The number of ether oxygens (including phenoxy) is 2. The van der Waals surface area contributed by atoms with E-state index in [0.29, 0.717) is 23.5 Å². The predicted octanol–water partition coefficient (Wildman–Crippen LogP) is 3.55. The number of fused-ring (bicyclic) bond motifs is 4. The maximum absolute atomic E-state index is 13.6. The van der Waals surface area contributed by atoms with Gasteiger partial charge in [-0.2, -0.15) is 0 Å². The first-order valence-corrected chi connectivity index (χ1v) is 11.5. The zero-order valence-electron chi connectivity index (χ0n) is 17.9. The number of piperidine rings is 1. The standard InChI is InChI=1S/C23H27NO5S/c1-22(2,3)14-9-11-15(12-10-14)30(26,27)20-17-13-23(4,24-21(20)25)29-19-16(17)7-6-8-18(19)28-5/h6-12,17,20H,13H2,1-5H3,(H,24,25)/t17-,20+,23+/m1/s1. The Morgan fingerprint density at radius 3 is 2.40 bits per heavy atom. The molecule has 1 amide bonds. The largest absolute Gasteiger partial charge is 0.493 e. The molecule has 1 N–H and O–H groups in total. The maximum Gasteiger partial charge on any atom is 0.242 e. The van der Waals surface area contributed by atoms with Crippen molar-refractivity contribution in [2.24, 2.45) is 0 Å². The molecule has 160 valence electrons. The first-order chi connectivity index (χ1) is 14.0. The number of carbonyl (C=O) groups is 1. The minimum Gasteiger partial charge on any atom is -0.493 e. The second-order valence-electron chi connectivity index (χ2n) is 9.25. The molecule has 2 aliphatic heterocycles. The van der Waals surface area contributed by atoms with Gasteiger partial charge in [-0.3, -0.25) is 4.79 Å². The smallest absolute Gasteiger partial charge is 0.242 e. The van der Waals surface area contributed by atoms with Crippen LogP contribution in [0.3, 0.4) is 0 Å². The van der Waals surface area contributed by atoms with E-state index in [1.165, 1.54) is 7.11 Å². The Hall–Kier alpha value is -2.54. The predicted molar refractivity (Wildman–Crippen MR) is 114 cm³/mol. The van der Waals surface area contributed by atoms with Crippen molar-refractivity contribution >= 4 is 15.7 Å². The molecule has 1 saturated heterocycles. The van der Waals surface area contributed by atoms with Gasteiger partial charge < -0.3 is 14.8 Å². The quantitative estimate of drug-likeness (QED) is 0.807. The fourth-order valence-electron chi connectivity index (χ4n) is 4.40. The van der Waals surface area contributed by atoms with Gasteiger partial charge in [-0.15, -0.1) is 0 Å². The molecule has 2 aliphatic rings. The number of methoxy groups -OCH3 is 1. The third-order valence-corrected chi connectivity index (χ3v) is 8.10. The number of hydrogen-bond donors (Lipinski definition) is 1. The molecule has 0 radical (unpaired) electrons. The van der Waals surface area contributed by atoms with E-state index in [1.807, 2.05) is 18.2 Å². The lowest BCUT2D eigenvalue weighted by Gasteiger charge is -2.47. The summed E-state index contributed by atoms with van der Waals surface area (Å²) in [6.07, 6.45) is 0.364. The summed E-state index contributed by atoms with van der Waals surface area (Å²) in [5.74, 6) is -0.0655.